The standard InChI is InChI=1S/C12H12BrNO/c1-2-5-11(14)12(15)8-9-6-3-4-7-10(9)13/h1,3-4,6-7,11H,5,8,14H2. The minimum absolute atomic E-state index is 0.0279. The average molecular weight is 266 g/mol. The van der Waals surface area contributed by atoms with E-state index in [0.29, 0.717) is 12.8 Å². The number of halogens is 1. The van der Waals surface area contributed by atoms with E-state index in [-0.39, 0.29) is 5.78 Å². The monoisotopic (exact) mass is 265 g/mol. The number of Topliss-reactive ketones (excluding diaryl/α,β-unsaturated/α-hetero) is 1. The Bertz CT molecular complexity index is 395. The summed E-state index contributed by atoms with van der Waals surface area (Å²) in [6, 6.07) is 7.03. The normalized spacial score (nSPS) is 11.8. The zero-order chi connectivity index (χ0) is 11.3. The van der Waals surface area contributed by atoms with Crippen molar-refractivity contribution in [1.29, 1.82) is 0 Å². The zero-order valence-electron chi connectivity index (χ0n) is 8.24. The lowest BCUT2D eigenvalue weighted by atomic mass is 10.0. The van der Waals surface area contributed by atoms with E-state index in [1.54, 1.807) is 0 Å². The summed E-state index contributed by atoms with van der Waals surface area (Å²) in [6.07, 6.45) is 5.72. The van der Waals surface area contributed by atoms with Crippen LogP contribution in [-0.4, -0.2) is 11.8 Å². The summed E-state index contributed by atoms with van der Waals surface area (Å²) >= 11 is 3.38. The van der Waals surface area contributed by atoms with Crippen molar-refractivity contribution in [3.05, 3.63) is 34.3 Å². The Balaban J connectivity index is 2.67. The van der Waals surface area contributed by atoms with Gasteiger partial charge >= 0.3 is 0 Å². The first-order valence-electron chi connectivity index (χ1n) is 4.60. The molecule has 1 unspecified atom stereocenters. The van der Waals surface area contributed by atoms with E-state index in [2.05, 4.69) is 21.9 Å². The van der Waals surface area contributed by atoms with Crippen LogP contribution in [0.4, 0.5) is 0 Å². The minimum atomic E-state index is -0.554. The molecular formula is C12H12BrNO. The van der Waals surface area contributed by atoms with Crippen LogP contribution in [0.3, 0.4) is 0 Å². The Morgan fingerprint density at radius 3 is 2.80 bits per heavy atom. The molecule has 1 atom stereocenters. The number of carbonyl (C=O) groups excluding carboxylic acids is 1. The fourth-order valence-corrected chi connectivity index (χ4v) is 1.63. The maximum absolute atomic E-state index is 11.6. The molecule has 0 saturated carbocycles. The second kappa shape index (κ2) is 5.69. The van der Waals surface area contributed by atoms with Crippen LogP contribution in [0.25, 0.3) is 0 Å². The minimum Gasteiger partial charge on any atom is -0.321 e. The third-order valence-corrected chi connectivity index (χ3v) is 2.85. The third kappa shape index (κ3) is 3.50. The molecule has 0 bridgehead atoms. The van der Waals surface area contributed by atoms with Crippen LogP contribution < -0.4 is 5.73 Å². The van der Waals surface area contributed by atoms with Gasteiger partial charge in [-0.3, -0.25) is 4.79 Å². The highest BCUT2D eigenvalue weighted by Gasteiger charge is 2.13. The first-order valence-corrected chi connectivity index (χ1v) is 5.39. The predicted molar refractivity (Wildman–Crippen MR) is 64.3 cm³/mol. The van der Waals surface area contributed by atoms with Gasteiger partial charge < -0.3 is 5.73 Å². The molecule has 0 fully saturated rings. The number of ketones is 1. The molecule has 0 aliphatic heterocycles. The number of rotatable bonds is 4. The molecule has 1 aromatic carbocycles. The zero-order valence-corrected chi connectivity index (χ0v) is 9.83. The van der Waals surface area contributed by atoms with Crippen molar-refractivity contribution in [2.24, 2.45) is 5.73 Å². The summed E-state index contributed by atoms with van der Waals surface area (Å²) in [4.78, 5) is 11.6. The Labute approximate surface area is 98.0 Å². The molecule has 0 spiro atoms. The van der Waals surface area contributed by atoms with Crippen molar-refractivity contribution < 1.29 is 4.79 Å². The second-order valence-electron chi connectivity index (χ2n) is 3.25. The van der Waals surface area contributed by atoms with Crippen LogP contribution in [-0.2, 0) is 11.2 Å². The van der Waals surface area contributed by atoms with Gasteiger partial charge in [0.2, 0.25) is 0 Å². The van der Waals surface area contributed by atoms with Crippen LogP contribution >= 0.6 is 15.9 Å². The topological polar surface area (TPSA) is 43.1 Å². The van der Waals surface area contributed by atoms with E-state index in [1.165, 1.54) is 0 Å². The van der Waals surface area contributed by atoms with Crippen molar-refractivity contribution in [1.82, 2.24) is 0 Å². The number of benzene rings is 1. The summed E-state index contributed by atoms with van der Waals surface area (Å²) in [7, 11) is 0. The van der Waals surface area contributed by atoms with Crippen molar-refractivity contribution in [3.8, 4) is 12.3 Å². The largest absolute Gasteiger partial charge is 0.321 e. The number of carbonyl (C=O) groups is 1. The van der Waals surface area contributed by atoms with Gasteiger partial charge in [-0.25, -0.2) is 0 Å². The molecule has 0 aliphatic carbocycles. The Morgan fingerprint density at radius 1 is 1.53 bits per heavy atom. The maximum Gasteiger partial charge on any atom is 0.154 e. The Morgan fingerprint density at radius 2 is 2.20 bits per heavy atom. The van der Waals surface area contributed by atoms with E-state index < -0.39 is 6.04 Å². The summed E-state index contributed by atoms with van der Waals surface area (Å²) in [6.45, 7) is 0. The molecule has 0 aromatic heterocycles. The van der Waals surface area contributed by atoms with Gasteiger partial charge in [0, 0.05) is 17.3 Å². The average Bonchev–Trinajstić information content (AvgIpc) is 2.21. The predicted octanol–water partition coefficient (Wildman–Crippen LogP) is 1.91. The first kappa shape index (κ1) is 12.0. The van der Waals surface area contributed by atoms with Gasteiger partial charge in [-0.15, -0.1) is 12.3 Å². The first-order chi connectivity index (χ1) is 7.15. The van der Waals surface area contributed by atoms with E-state index in [4.69, 9.17) is 12.2 Å². The van der Waals surface area contributed by atoms with Crippen molar-refractivity contribution in [2.75, 3.05) is 0 Å². The molecule has 0 aliphatic rings. The smallest absolute Gasteiger partial charge is 0.154 e. The van der Waals surface area contributed by atoms with Crippen LogP contribution in [0.5, 0.6) is 0 Å². The van der Waals surface area contributed by atoms with Crippen molar-refractivity contribution in [3.63, 3.8) is 0 Å². The van der Waals surface area contributed by atoms with E-state index >= 15 is 0 Å². The lowest BCUT2D eigenvalue weighted by molar-refractivity contribution is -0.119. The van der Waals surface area contributed by atoms with Gasteiger partial charge in [-0.1, -0.05) is 34.1 Å². The summed E-state index contributed by atoms with van der Waals surface area (Å²) in [5.74, 6) is 2.36. The molecular weight excluding hydrogens is 254 g/mol. The molecule has 0 radical (unpaired) electrons. The van der Waals surface area contributed by atoms with E-state index in [1.807, 2.05) is 24.3 Å². The lowest BCUT2D eigenvalue weighted by Crippen LogP contribution is -2.31. The quantitative estimate of drug-likeness (QED) is 0.846. The number of hydrogen-bond acceptors (Lipinski definition) is 2. The number of nitrogens with two attached hydrogens (primary N) is 1. The molecule has 1 rings (SSSR count). The van der Waals surface area contributed by atoms with Gasteiger partial charge in [0.25, 0.3) is 0 Å². The van der Waals surface area contributed by atoms with Gasteiger partial charge in [-0.05, 0) is 11.6 Å². The number of hydrogen-bond donors (Lipinski definition) is 1. The van der Waals surface area contributed by atoms with Gasteiger partial charge in [0.1, 0.15) is 0 Å². The maximum atomic E-state index is 11.6. The molecule has 78 valence electrons. The van der Waals surface area contributed by atoms with E-state index in [9.17, 15) is 4.79 Å². The summed E-state index contributed by atoms with van der Waals surface area (Å²) in [5.41, 5.74) is 6.56. The molecule has 1 aromatic rings. The highest BCUT2D eigenvalue weighted by molar-refractivity contribution is 9.10. The van der Waals surface area contributed by atoms with E-state index in [0.717, 1.165) is 10.0 Å². The highest BCUT2D eigenvalue weighted by Crippen LogP contribution is 2.16. The highest BCUT2D eigenvalue weighted by atomic mass is 79.9. The molecule has 0 saturated heterocycles. The Kier molecular flexibility index (Phi) is 4.54. The molecule has 15 heavy (non-hydrogen) atoms. The van der Waals surface area contributed by atoms with Crippen LogP contribution in [0.2, 0.25) is 0 Å². The molecule has 3 heteroatoms. The lowest BCUT2D eigenvalue weighted by Gasteiger charge is -2.08. The summed E-state index contributed by atoms with van der Waals surface area (Å²) < 4.78 is 0.922. The molecule has 2 nitrogen and oxygen atoms in total. The van der Waals surface area contributed by atoms with Crippen molar-refractivity contribution in [2.45, 2.75) is 18.9 Å². The van der Waals surface area contributed by atoms with Gasteiger partial charge in [0.05, 0.1) is 6.04 Å². The van der Waals surface area contributed by atoms with Crippen molar-refractivity contribution >= 4 is 21.7 Å². The second-order valence-corrected chi connectivity index (χ2v) is 4.10. The SMILES string of the molecule is C#CCC(N)C(=O)Cc1ccccc1Br. The third-order valence-electron chi connectivity index (χ3n) is 2.07. The fourth-order valence-electron chi connectivity index (χ4n) is 1.20. The number of terminal acetylenes is 1. The van der Waals surface area contributed by atoms with Gasteiger partial charge in [-0.2, -0.15) is 0 Å². The molecule has 0 heterocycles. The molecule has 2 N–H and O–H groups in total. The Hall–Kier alpha value is -1.11. The summed E-state index contributed by atoms with van der Waals surface area (Å²) in [5, 5.41) is 0. The van der Waals surface area contributed by atoms with Crippen LogP contribution in [0.15, 0.2) is 28.7 Å². The van der Waals surface area contributed by atoms with Crippen LogP contribution in [0.1, 0.15) is 12.0 Å². The fraction of sp³-hybridized carbons (Fsp3) is 0.250. The molecule has 0 amide bonds. The van der Waals surface area contributed by atoms with Crippen LogP contribution in [0, 0.1) is 12.3 Å². The van der Waals surface area contributed by atoms with Gasteiger partial charge in [0.15, 0.2) is 5.78 Å².